The lowest BCUT2D eigenvalue weighted by atomic mass is 10.1. The lowest BCUT2D eigenvalue weighted by Gasteiger charge is -2.12. The van der Waals surface area contributed by atoms with Gasteiger partial charge in [-0.1, -0.05) is 18.2 Å². The first kappa shape index (κ1) is 17.5. The quantitative estimate of drug-likeness (QED) is 0.752. The molecular formula is C19H18FN3O3. The van der Waals surface area contributed by atoms with Gasteiger partial charge in [0.25, 0.3) is 0 Å². The van der Waals surface area contributed by atoms with Gasteiger partial charge in [0.15, 0.2) is 11.6 Å². The van der Waals surface area contributed by atoms with Crippen LogP contribution in [0.4, 0.5) is 14.9 Å². The Morgan fingerprint density at radius 3 is 2.73 bits per heavy atom. The monoisotopic (exact) mass is 355 g/mol. The van der Waals surface area contributed by atoms with Crippen molar-refractivity contribution < 1.29 is 18.7 Å². The van der Waals surface area contributed by atoms with E-state index >= 15 is 0 Å². The third-order valence-electron chi connectivity index (χ3n) is 3.76. The number of benzene rings is 2. The van der Waals surface area contributed by atoms with Crippen molar-refractivity contribution in [3.63, 3.8) is 0 Å². The molecule has 1 amide bonds. The zero-order chi connectivity index (χ0) is 18.5. The van der Waals surface area contributed by atoms with Gasteiger partial charge in [-0.15, -0.1) is 0 Å². The Morgan fingerprint density at radius 1 is 1.23 bits per heavy atom. The van der Waals surface area contributed by atoms with Crippen LogP contribution in [0.5, 0.6) is 5.75 Å². The molecule has 0 aliphatic carbocycles. The molecule has 3 rings (SSSR count). The molecule has 0 spiro atoms. The van der Waals surface area contributed by atoms with Crippen LogP contribution in [0.25, 0.3) is 11.3 Å². The normalized spacial score (nSPS) is 10.4. The fraction of sp³-hybridized carbons (Fsp3) is 0.158. The number of para-hydroxylation sites is 1. The van der Waals surface area contributed by atoms with Crippen LogP contribution in [-0.4, -0.2) is 23.0 Å². The topological polar surface area (TPSA) is 65.4 Å². The van der Waals surface area contributed by atoms with Crippen molar-refractivity contribution in [3.05, 3.63) is 66.1 Å². The molecular weight excluding hydrogens is 337 g/mol. The molecule has 0 radical (unpaired) electrons. The van der Waals surface area contributed by atoms with Gasteiger partial charge in [0.1, 0.15) is 6.61 Å². The number of amides is 1. The summed E-state index contributed by atoms with van der Waals surface area (Å²) in [7, 11) is 3.09. The van der Waals surface area contributed by atoms with Gasteiger partial charge in [0, 0.05) is 24.4 Å². The van der Waals surface area contributed by atoms with Crippen LogP contribution < -0.4 is 10.1 Å². The molecule has 0 atom stereocenters. The Labute approximate surface area is 150 Å². The molecule has 0 bridgehead atoms. The smallest absolute Gasteiger partial charge is 0.411 e. The molecule has 6 nitrogen and oxygen atoms in total. The van der Waals surface area contributed by atoms with Gasteiger partial charge in [-0.05, 0) is 30.3 Å². The fourth-order valence-corrected chi connectivity index (χ4v) is 2.43. The van der Waals surface area contributed by atoms with E-state index in [1.165, 1.54) is 13.2 Å². The first-order valence-corrected chi connectivity index (χ1v) is 7.92. The van der Waals surface area contributed by atoms with E-state index in [1.54, 1.807) is 48.3 Å². The zero-order valence-electron chi connectivity index (χ0n) is 14.4. The summed E-state index contributed by atoms with van der Waals surface area (Å²) in [4.78, 5) is 11.4. The molecule has 1 heterocycles. The number of hydrogen-bond acceptors (Lipinski definition) is 4. The minimum Gasteiger partial charge on any atom is -0.486 e. The molecule has 0 saturated heterocycles. The lowest BCUT2D eigenvalue weighted by Crippen LogP contribution is -2.13. The third-order valence-corrected chi connectivity index (χ3v) is 3.76. The van der Waals surface area contributed by atoms with Crippen molar-refractivity contribution >= 4 is 11.8 Å². The number of carbonyl (C=O) groups excluding carboxylic acids is 1. The van der Waals surface area contributed by atoms with Crippen LogP contribution >= 0.6 is 0 Å². The Bertz CT molecular complexity index is 924. The number of hydrogen-bond donors (Lipinski definition) is 1. The first-order chi connectivity index (χ1) is 12.6. The molecule has 26 heavy (non-hydrogen) atoms. The molecule has 134 valence electrons. The fourth-order valence-electron chi connectivity index (χ4n) is 2.43. The Hall–Kier alpha value is -3.35. The van der Waals surface area contributed by atoms with Crippen molar-refractivity contribution in [2.24, 2.45) is 7.05 Å². The van der Waals surface area contributed by atoms with Crippen LogP contribution in [0.1, 0.15) is 5.56 Å². The van der Waals surface area contributed by atoms with Crippen LogP contribution in [0.3, 0.4) is 0 Å². The molecule has 0 aliphatic heterocycles. The summed E-state index contributed by atoms with van der Waals surface area (Å²) in [6.45, 7) is 0.0972. The summed E-state index contributed by atoms with van der Waals surface area (Å²) < 4.78 is 26.2. The minimum absolute atomic E-state index is 0.0972. The Kier molecular flexibility index (Phi) is 5.17. The highest BCUT2D eigenvalue weighted by Gasteiger charge is 2.11. The highest BCUT2D eigenvalue weighted by Crippen LogP contribution is 2.26. The van der Waals surface area contributed by atoms with Crippen LogP contribution in [0.15, 0.2) is 54.7 Å². The molecule has 1 aromatic heterocycles. The second-order valence-electron chi connectivity index (χ2n) is 5.58. The summed E-state index contributed by atoms with van der Waals surface area (Å²) in [6, 6.07) is 13.6. The number of nitrogens with zero attached hydrogens (tertiary/aromatic N) is 2. The Balaban J connectivity index is 1.73. The van der Waals surface area contributed by atoms with Gasteiger partial charge in [-0.2, -0.15) is 5.10 Å². The molecule has 0 fully saturated rings. The van der Waals surface area contributed by atoms with Gasteiger partial charge in [0.2, 0.25) is 0 Å². The number of methoxy groups -OCH3 is 1. The standard InChI is InChI=1S/C19H18FN3O3/c1-23-10-9-17(22-23)13-7-8-18(15(20)11-13)26-12-14-5-3-4-6-16(14)21-19(24)25-2/h3-11H,12H2,1-2H3,(H,21,24). The van der Waals surface area contributed by atoms with Crippen LogP contribution in [0, 0.1) is 5.82 Å². The Morgan fingerprint density at radius 2 is 2.04 bits per heavy atom. The van der Waals surface area contributed by atoms with Crippen LogP contribution in [-0.2, 0) is 18.4 Å². The molecule has 1 N–H and O–H groups in total. The van der Waals surface area contributed by atoms with Gasteiger partial charge in [-0.25, -0.2) is 9.18 Å². The van der Waals surface area contributed by atoms with Crippen molar-refractivity contribution in [3.8, 4) is 17.0 Å². The zero-order valence-corrected chi connectivity index (χ0v) is 14.4. The second kappa shape index (κ2) is 7.69. The number of aromatic nitrogens is 2. The molecule has 7 heteroatoms. The number of anilines is 1. The van der Waals surface area contributed by atoms with Crippen molar-refractivity contribution in [2.45, 2.75) is 6.61 Å². The summed E-state index contributed by atoms with van der Waals surface area (Å²) in [5, 5.41) is 6.85. The van der Waals surface area contributed by atoms with E-state index in [0.717, 1.165) is 0 Å². The molecule has 2 aromatic carbocycles. The van der Waals surface area contributed by atoms with E-state index in [0.29, 0.717) is 22.5 Å². The molecule has 0 unspecified atom stereocenters. The predicted octanol–water partition coefficient (Wildman–Crippen LogP) is 3.98. The summed E-state index contributed by atoms with van der Waals surface area (Å²) in [5.74, 6) is -0.357. The maximum atomic E-state index is 14.4. The second-order valence-corrected chi connectivity index (χ2v) is 5.58. The third kappa shape index (κ3) is 4.00. The van der Waals surface area contributed by atoms with E-state index in [-0.39, 0.29) is 12.4 Å². The maximum absolute atomic E-state index is 14.4. The van der Waals surface area contributed by atoms with Gasteiger partial charge >= 0.3 is 6.09 Å². The number of aryl methyl sites for hydroxylation is 1. The van der Waals surface area contributed by atoms with E-state index in [4.69, 9.17) is 4.74 Å². The summed E-state index contributed by atoms with van der Waals surface area (Å²) in [6.07, 6.45) is 1.21. The number of ether oxygens (including phenoxy) is 2. The number of rotatable bonds is 5. The molecule has 3 aromatic rings. The average molecular weight is 355 g/mol. The largest absolute Gasteiger partial charge is 0.486 e. The van der Waals surface area contributed by atoms with E-state index in [2.05, 4.69) is 15.2 Å². The summed E-state index contributed by atoms with van der Waals surface area (Å²) in [5.41, 5.74) is 2.60. The molecule has 0 aliphatic rings. The maximum Gasteiger partial charge on any atom is 0.411 e. The van der Waals surface area contributed by atoms with Gasteiger partial charge in [0.05, 0.1) is 18.5 Å². The number of halogens is 1. The SMILES string of the molecule is COC(=O)Nc1ccccc1COc1ccc(-c2ccn(C)n2)cc1F. The highest BCUT2D eigenvalue weighted by atomic mass is 19.1. The first-order valence-electron chi connectivity index (χ1n) is 7.92. The van der Waals surface area contributed by atoms with Crippen LogP contribution in [0.2, 0.25) is 0 Å². The number of nitrogens with one attached hydrogen (secondary N) is 1. The number of carbonyl (C=O) groups is 1. The van der Waals surface area contributed by atoms with E-state index < -0.39 is 11.9 Å². The average Bonchev–Trinajstić information content (AvgIpc) is 3.08. The van der Waals surface area contributed by atoms with Crippen molar-refractivity contribution in [2.75, 3.05) is 12.4 Å². The van der Waals surface area contributed by atoms with Gasteiger partial charge in [-0.3, -0.25) is 10.00 Å². The van der Waals surface area contributed by atoms with E-state index in [9.17, 15) is 9.18 Å². The predicted molar refractivity (Wildman–Crippen MR) is 95.4 cm³/mol. The highest BCUT2D eigenvalue weighted by molar-refractivity contribution is 5.85. The van der Waals surface area contributed by atoms with Gasteiger partial charge < -0.3 is 9.47 Å². The van der Waals surface area contributed by atoms with Crippen molar-refractivity contribution in [1.82, 2.24) is 9.78 Å². The molecule has 0 saturated carbocycles. The minimum atomic E-state index is -0.580. The van der Waals surface area contributed by atoms with Crippen molar-refractivity contribution in [1.29, 1.82) is 0 Å². The summed E-state index contributed by atoms with van der Waals surface area (Å²) >= 11 is 0. The lowest BCUT2D eigenvalue weighted by molar-refractivity contribution is 0.187. The van der Waals surface area contributed by atoms with E-state index in [1.807, 2.05) is 12.1 Å².